The Hall–Kier alpha value is -2.63. The molecule has 1 fully saturated rings. The molecule has 2 aromatic heterocycles. The van der Waals surface area contributed by atoms with Crippen LogP contribution in [-0.4, -0.2) is 32.3 Å². The maximum absolute atomic E-state index is 4.74. The summed E-state index contributed by atoms with van der Waals surface area (Å²) in [5.74, 6) is 2.71. The molecule has 0 spiro atoms. The van der Waals surface area contributed by atoms with E-state index in [-0.39, 0.29) is 0 Å². The van der Waals surface area contributed by atoms with E-state index >= 15 is 0 Å². The predicted molar refractivity (Wildman–Crippen MR) is 105 cm³/mol. The third-order valence-electron chi connectivity index (χ3n) is 5.24. The van der Waals surface area contributed by atoms with Crippen molar-refractivity contribution < 1.29 is 0 Å². The number of fused-ring (bicyclic) bond motifs is 1. The molecule has 0 bridgehead atoms. The van der Waals surface area contributed by atoms with Crippen LogP contribution in [0, 0.1) is 5.92 Å². The van der Waals surface area contributed by atoms with E-state index in [1.807, 2.05) is 19.3 Å². The van der Waals surface area contributed by atoms with Crippen LogP contribution in [0.15, 0.2) is 36.5 Å². The molecule has 136 valence electrons. The summed E-state index contributed by atoms with van der Waals surface area (Å²) in [7, 11) is 1.92. The molecule has 6 nitrogen and oxygen atoms in total. The molecule has 0 radical (unpaired) electrons. The molecular weight excluding hydrogens is 324 g/mol. The number of nitrogens with zero attached hydrogens (tertiary/aromatic N) is 4. The molecule has 0 amide bonds. The van der Waals surface area contributed by atoms with Crippen LogP contribution in [0.5, 0.6) is 0 Å². The number of nitrogens with one attached hydrogen (secondary N) is 2. The number of anilines is 2. The second-order valence-electron chi connectivity index (χ2n) is 7.51. The lowest BCUT2D eigenvalue weighted by Crippen LogP contribution is -2.34. The summed E-state index contributed by atoms with van der Waals surface area (Å²) in [6, 6.07) is 11.0. The quantitative estimate of drug-likeness (QED) is 0.708. The van der Waals surface area contributed by atoms with Gasteiger partial charge in [-0.25, -0.2) is 0 Å². The topological polar surface area (TPSA) is 67.7 Å². The van der Waals surface area contributed by atoms with Gasteiger partial charge in [-0.1, -0.05) is 44.2 Å². The Labute approximate surface area is 154 Å². The number of aryl methyl sites for hydroxylation is 1. The Morgan fingerprint density at radius 3 is 2.69 bits per heavy atom. The molecule has 4 rings (SSSR count). The first kappa shape index (κ1) is 16.8. The van der Waals surface area contributed by atoms with Gasteiger partial charge >= 0.3 is 0 Å². The zero-order valence-corrected chi connectivity index (χ0v) is 15.6. The van der Waals surface area contributed by atoms with Gasteiger partial charge < -0.3 is 10.6 Å². The Morgan fingerprint density at radius 1 is 1.19 bits per heavy atom. The summed E-state index contributed by atoms with van der Waals surface area (Å²) in [4.78, 5) is 9.41. The van der Waals surface area contributed by atoms with Crippen molar-refractivity contribution in [2.45, 2.75) is 38.6 Å². The molecule has 0 saturated heterocycles. The smallest absolute Gasteiger partial charge is 0.226 e. The van der Waals surface area contributed by atoms with E-state index in [9.17, 15) is 0 Å². The zero-order chi connectivity index (χ0) is 18.1. The average molecular weight is 350 g/mol. The van der Waals surface area contributed by atoms with E-state index in [1.54, 1.807) is 4.68 Å². The number of benzene rings is 1. The minimum atomic E-state index is 0.380. The number of rotatable bonds is 6. The van der Waals surface area contributed by atoms with Crippen LogP contribution in [-0.2, 0) is 7.05 Å². The van der Waals surface area contributed by atoms with Crippen molar-refractivity contribution in [3.63, 3.8) is 0 Å². The Balaban J connectivity index is 1.53. The van der Waals surface area contributed by atoms with Crippen LogP contribution in [0.3, 0.4) is 0 Å². The molecule has 1 aromatic carbocycles. The van der Waals surface area contributed by atoms with Crippen LogP contribution < -0.4 is 10.6 Å². The first-order chi connectivity index (χ1) is 12.6. The first-order valence-electron chi connectivity index (χ1n) is 9.35. The summed E-state index contributed by atoms with van der Waals surface area (Å²) in [6.45, 7) is 5.28. The third-order valence-corrected chi connectivity index (χ3v) is 5.24. The monoisotopic (exact) mass is 350 g/mol. The molecule has 2 N–H and O–H groups in total. The van der Waals surface area contributed by atoms with E-state index in [4.69, 9.17) is 4.98 Å². The molecule has 1 saturated carbocycles. The molecule has 6 heteroatoms. The molecule has 0 aliphatic heterocycles. The lowest BCUT2D eigenvalue weighted by atomic mass is 9.82. The summed E-state index contributed by atoms with van der Waals surface area (Å²) < 4.78 is 1.80. The Morgan fingerprint density at radius 2 is 1.96 bits per heavy atom. The van der Waals surface area contributed by atoms with Gasteiger partial charge in [0.25, 0.3) is 0 Å². The molecule has 1 atom stereocenters. The van der Waals surface area contributed by atoms with Gasteiger partial charge in [0.1, 0.15) is 5.82 Å². The molecule has 26 heavy (non-hydrogen) atoms. The van der Waals surface area contributed by atoms with Gasteiger partial charge in [-0.15, -0.1) is 0 Å². The number of aromatic nitrogens is 4. The van der Waals surface area contributed by atoms with Crippen LogP contribution in [0.1, 0.15) is 38.2 Å². The Kier molecular flexibility index (Phi) is 4.49. The number of hydrogen-bond acceptors (Lipinski definition) is 5. The van der Waals surface area contributed by atoms with Crippen molar-refractivity contribution in [1.29, 1.82) is 0 Å². The van der Waals surface area contributed by atoms with Gasteiger partial charge in [-0.3, -0.25) is 4.68 Å². The van der Waals surface area contributed by atoms with Crippen molar-refractivity contribution in [2.75, 3.05) is 17.2 Å². The largest absolute Gasteiger partial charge is 0.367 e. The molecule has 2 heterocycles. The minimum absolute atomic E-state index is 0.380. The number of hydrogen-bond donors (Lipinski definition) is 2. The molecule has 3 aromatic rings. The van der Waals surface area contributed by atoms with Gasteiger partial charge in [0.2, 0.25) is 5.95 Å². The van der Waals surface area contributed by atoms with Gasteiger partial charge in [0.05, 0.1) is 11.6 Å². The van der Waals surface area contributed by atoms with E-state index < -0.39 is 0 Å². The average Bonchev–Trinajstić information content (AvgIpc) is 3.00. The summed E-state index contributed by atoms with van der Waals surface area (Å²) in [6.07, 6.45) is 4.23. The Bertz CT molecular complexity index is 882. The normalized spacial score (nSPS) is 20.6. The van der Waals surface area contributed by atoms with Gasteiger partial charge in [0, 0.05) is 19.6 Å². The highest BCUT2D eigenvalue weighted by Gasteiger charge is 2.26. The maximum atomic E-state index is 4.74. The highest BCUT2D eigenvalue weighted by atomic mass is 15.3. The summed E-state index contributed by atoms with van der Waals surface area (Å²) >= 11 is 0. The molecule has 1 unspecified atom stereocenters. The minimum Gasteiger partial charge on any atom is -0.367 e. The maximum Gasteiger partial charge on any atom is 0.226 e. The zero-order valence-electron chi connectivity index (χ0n) is 15.6. The van der Waals surface area contributed by atoms with Gasteiger partial charge in [-0.2, -0.15) is 15.1 Å². The fourth-order valence-corrected chi connectivity index (χ4v) is 3.57. The highest BCUT2D eigenvalue weighted by molar-refractivity contribution is 5.87. The lowest BCUT2D eigenvalue weighted by molar-refractivity contribution is 0.309. The third kappa shape index (κ3) is 3.36. The van der Waals surface area contributed by atoms with Gasteiger partial charge in [0.15, 0.2) is 5.65 Å². The highest BCUT2D eigenvalue weighted by Crippen LogP contribution is 2.31. The van der Waals surface area contributed by atoms with Crippen molar-refractivity contribution in [3.8, 4) is 0 Å². The fraction of sp³-hybridized carbons (Fsp3) is 0.450. The van der Waals surface area contributed by atoms with Crippen molar-refractivity contribution >= 4 is 22.8 Å². The van der Waals surface area contributed by atoms with E-state index in [1.165, 1.54) is 18.4 Å². The van der Waals surface area contributed by atoms with Crippen LogP contribution in [0.25, 0.3) is 11.0 Å². The van der Waals surface area contributed by atoms with Crippen LogP contribution in [0.2, 0.25) is 0 Å². The van der Waals surface area contributed by atoms with Crippen molar-refractivity contribution in [1.82, 2.24) is 19.7 Å². The van der Waals surface area contributed by atoms with Crippen LogP contribution >= 0.6 is 0 Å². The lowest BCUT2D eigenvalue weighted by Gasteiger charge is -2.33. The fourth-order valence-electron chi connectivity index (χ4n) is 3.57. The van der Waals surface area contributed by atoms with Crippen LogP contribution in [0.4, 0.5) is 11.8 Å². The van der Waals surface area contributed by atoms with E-state index in [0.29, 0.717) is 17.9 Å². The molecule has 1 aliphatic rings. The summed E-state index contributed by atoms with van der Waals surface area (Å²) in [5.41, 5.74) is 2.16. The second kappa shape index (κ2) is 6.94. The summed E-state index contributed by atoms with van der Waals surface area (Å²) in [5, 5.41) is 12.3. The van der Waals surface area contributed by atoms with Crippen molar-refractivity contribution in [3.05, 3.63) is 42.1 Å². The SMILES string of the molecule is CC1CC(Nc2nc(NCC(C)c3ccccc3)nc3c2cnn3C)C1. The predicted octanol–water partition coefficient (Wildman–Crippen LogP) is 3.79. The van der Waals surface area contributed by atoms with E-state index in [2.05, 4.69) is 58.8 Å². The van der Waals surface area contributed by atoms with Gasteiger partial charge in [-0.05, 0) is 30.2 Å². The molecule has 1 aliphatic carbocycles. The van der Waals surface area contributed by atoms with Crippen molar-refractivity contribution in [2.24, 2.45) is 13.0 Å². The second-order valence-corrected chi connectivity index (χ2v) is 7.51. The standard InChI is InChI=1S/C20H26N6/c1-13-9-16(10-13)23-18-17-12-22-26(3)19(17)25-20(24-18)21-11-14(2)15-7-5-4-6-8-15/h4-8,12-14,16H,9-11H2,1-3H3,(H2,21,23,24,25). The molecular formula is C20H26N6. The van der Waals surface area contributed by atoms with E-state index in [0.717, 1.165) is 29.3 Å². The first-order valence-corrected chi connectivity index (χ1v) is 9.35.